The first-order chi connectivity index (χ1) is 16.9. The second-order valence-corrected chi connectivity index (χ2v) is 8.98. The Morgan fingerprint density at radius 2 is 1.60 bits per heavy atom. The Kier molecular flexibility index (Phi) is 5.80. The van der Waals surface area contributed by atoms with Gasteiger partial charge >= 0.3 is 0 Å². The summed E-state index contributed by atoms with van der Waals surface area (Å²) in [6.07, 6.45) is 2.92. The second kappa shape index (κ2) is 8.94. The molecule has 2 aliphatic heterocycles. The van der Waals surface area contributed by atoms with Gasteiger partial charge in [-0.3, -0.25) is 19.5 Å². The van der Waals surface area contributed by atoms with E-state index in [1.807, 2.05) is 48.2 Å². The molecule has 8 nitrogen and oxygen atoms in total. The van der Waals surface area contributed by atoms with Crippen LogP contribution in [0.15, 0.2) is 59.0 Å². The van der Waals surface area contributed by atoms with Gasteiger partial charge in [0.2, 0.25) is 0 Å². The molecular weight excluding hydrogens is 444 g/mol. The molecule has 8 heteroatoms. The third-order valence-corrected chi connectivity index (χ3v) is 6.64. The summed E-state index contributed by atoms with van der Waals surface area (Å²) in [6, 6.07) is 14.5. The molecule has 35 heavy (non-hydrogen) atoms. The quantitative estimate of drug-likeness (QED) is 0.574. The van der Waals surface area contributed by atoms with Gasteiger partial charge in [0.15, 0.2) is 0 Å². The Balaban J connectivity index is 1.71. The molecule has 180 valence electrons. The summed E-state index contributed by atoms with van der Waals surface area (Å²) in [5.41, 5.74) is 2.75. The van der Waals surface area contributed by atoms with Crippen molar-refractivity contribution in [1.29, 1.82) is 0 Å². The van der Waals surface area contributed by atoms with Crippen LogP contribution in [0.1, 0.15) is 36.1 Å². The number of aromatic amines is 1. The number of piperidine rings is 1. The Morgan fingerprint density at radius 3 is 2.29 bits per heavy atom. The summed E-state index contributed by atoms with van der Waals surface area (Å²) in [5, 5.41) is 3.10. The summed E-state index contributed by atoms with van der Waals surface area (Å²) in [6.45, 7) is 4.97. The van der Waals surface area contributed by atoms with Gasteiger partial charge < -0.3 is 9.64 Å². The molecule has 5 rings (SSSR count). The minimum atomic E-state index is -0.515. The fourth-order valence-corrected chi connectivity index (χ4v) is 4.95. The summed E-state index contributed by atoms with van der Waals surface area (Å²) in [4.78, 5) is 44.7. The van der Waals surface area contributed by atoms with Gasteiger partial charge in [0, 0.05) is 18.8 Å². The van der Waals surface area contributed by atoms with Gasteiger partial charge in [-0.25, -0.2) is 9.58 Å². The van der Waals surface area contributed by atoms with E-state index in [2.05, 4.69) is 5.10 Å². The number of imide groups is 1. The number of carbonyl (C=O) groups is 2. The van der Waals surface area contributed by atoms with Crippen LogP contribution in [-0.4, -0.2) is 46.7 Å². The van der Waals surface area contributed by atoms with Crippen molar-refractivity contribution in [1.82, 2.24) is 14.7 Å². The maximum atomic E-state index is 14.0. The zero-order chi connectivity index (χ0) is 24.7. The number of nitrogens with zero attached hydrogens (tertiary/aromatic N) is 3. The van der Waals surface area contributed by atoms with Gasteiger partial charge in [-0.15, -0.1) is 0 Å². The Morgan fingerprint density at radius 1 is 0.886 bits per heavy atom. The molecule has 1 N–H and O–H groups in total. The first-order valence-corrected chi connectivity index (χ1v) is 11.8. The molecule has 0 spiro atoms. The summed E-state index contributed by atoms with van der Waals surface area (Å²) < 4.78 is 6.91. The van der Waals surface area contributed by atoms with Crippen molar-refractivity contribution in [2.45, 2.75) is 33.1 Å². The molecule has 0 saturated carbocycles. The number of amides is 2. The Bertz CT molecular complexity index is 1390. The van der Waals surface area contributed by atoms with E-state index >= 15 is 0 Å². The summed E-state index contributed by atoms with van der Waals surface area (Å²) >= 11 is 0. The fourth-order valence-electron chi connectivity index (χ4n) is 4.95. The van der Waals surface area contributed by atoms with Crippen molar-refractivity contribution in [2.75, 3.05) is 25.1 Å². The smallest absolute Gasteiger partial charge is 0.282 e. The zero-order valence-electron chi connectivity index (χ0n) is 20.1. The van der Waals surface area contributed by atoms with Crippen LogP contribution in [0.4, 0.5) is 5.69 Å². The van der Waals surface area contributed by atoms with Gasteiger partial charge in [0.1, 0.15) is 11.4 Å². The van der Waals surface area contributed by atoms with E-state index in [4.69, 9.17) is 4.74 Å². The average Bonchev–Trinajstić information content (AvgIpc) is 3.30. The number of benzene rings is 2. The third kappa shape index (κ3) is 3.75. The number of likely N-dealkylation sites (tertiary alicyclic amines) is 1. The normalized spacial score (nSPS) is 16.4. The largest absolute Gasteiger partial charge is 0.495 e. The molecule has 1 aromatic heterocycles. The van der Waals surface area contributed by atoms with Crippen LogP contribution in [0.25, 0.3) is 11.3 Å². The first kappa shape index (κ1) is 22.7. The number of ether oxygens (including phenoxy) is 1. The van der Waals surface area contributed by atoms with E-state index in [1.165, 1.54) is 11.8 Å². The lowest BCUT2D eigenvalue weighted by atomic mass is 10.0. The van der Waals surface area contributed by atoms with E-state index in [0.29, 0.717) is 35.9 Å². The predicted octanol–water partition coefficient (Wildman–Crippen LogP) is 3.56. The van der Waals surface area contributed by atoms with Gasteiger partial charge in [-0.2, -0.15) is 0 Å². The lowest BCUT2D eigenvalue weighted by Gasteiger charge is -2.29. The van der Waals surface area contributed by atoms with Crippen LogP contribution >= 0.6 is 0 Å². The number of methoxy groups -OCH3 is 1. The number of aromatic nitrogens is 2. The highest BCUT2D eigenvalue weighted by Gasteiger charge is 2.45. The number of rotatable bonds is 5. The number of hydrogen-bond acceptors (Lipinski definition) is 5. The summed E-state index contributed by atoms with van der Waals surface area (Å²) in [5.74, 6) is -0.523. The van der Waals surface area contributed by atoms with Crippen molar-refractivity contribution >= 4 is 23.1 Å². The monoisotopic (exact) mass is 472 g/mol. The number of aryl methyl sites for hydroxylation is 2. The molecular formula is C27H28N4O4. The average molecular weight is 473 g/mol. The minimum absolute atomic E-state index is 0.147. The number of para-hydroxylation sites is 1. The number of hydrogen-bond donors (Lipinski definition) is 1. The van der Waals surface area contributed by atoms with Crippen LogP contribution in [0, 0.1) is 13.8 Å². The summed E-state index contributed by atoms with van der Waals surface area (Å²) in [7, 11) is 1.51. The van der Waals surface area contributed by atoms with Crippen LogP contribution in [0.2, 0.25) is 0 Å². The number of nitrogens with one attached hydrogen (secondary N) is 1. The molecule has 1 saturated heterocycles. The number of carbonyl (C=O) groups excluding carboxylic acids is 2. The third-order valence-electron chi connectivity index (χ3n) is 6.64. The molecule has 2 amide bonds. The lowest BCUT2D eigenvalue weighted by molar-refractivity contribution is -0.120. The molecule has 3 heterocycles. The van der Waals surface area contributed by atoms with E-state index in [9.17, 15) is 14.4 Å². The van der Waals surface area contributed by atoms with Crippen molar-refractivity contribution < 1.29 is 14.3 Å². The van der Waals surface area contributed by atoms with Crippen LogP contribution in [0.3, 0.4) is 0 Å². The standard InChI is InChI=1S/C27H28N4O4/c1-17-12-13-21(35-3)20(16-17)30-25(32)23(24(27(30)34)29-14-8-5-9-15-29)22-18(2)28-31(26(22)33)19-10-6-4-7-11-19/h4,6-7,10-13,16,28H,5,8-9,14-15H2,1-3H3. The predicted molar refractivity (Wildman–Crippen MR) is 134 cm³/mol. The Labute approximate surface area is 203 Å². The Hall–Kier alpha value is -4.07. The minimum Gasteiger partial charge on any atom is -0.495 e. The highest BCUT2D eigenvalue weighted by Crippen LogP contribution is 2.39. The second-order valence-electron chi connectivity index (χ2n) is 8.98. The number of anilines is 1. The van der Waals surface area contributed by atoms with Gasteiger partial charge in [0.05, 0.1) is 29.6 Å². The van der Waals surface area contributed by atoms with E-state index in [1.54, 1.807) is 19.1 Å². The number of H-pyrrole nitrogens is 1. The van der Waals surface area contributed by atoms with Crippen molar-refractivity contribution in [3.63, 3.8) is 0 Å². The molecule has 1 fully saturated rings. The van der Waals surface area contributed by atoms with Crippen molar-refractivity contribution in [3.05, 3.63) is 81.4 Å². The molecule has 3 aromatic rings. The first-order valence-electron chi connectivity index (χ1n) is 11.8. The van der Waals surface area contributed by atoms with Crippen molar-refractivity contribution in [3.8, 4) is 11.4 Å². The molecule has 2 aromatic carbocycles. The molecule has 2 aliphatic rings. The van der Waals surface area contributed by atoms with Crippen molar-refractivity contribution in [2.24, 2.45) is 0 Å². The lowest BCUT2D eigenvalue weighted by Crippen LogP contribution is -2.37. The maximum absolute atomic E-state index is 14.0. The molecule has 0 aliphatic carbocycles. The topological polar surface area (TPSA) is 87.6 Å². The fraction of sp³-hybridized carbons (Fsp3) is 0.296. The zero-order valence-corrected chi connectivity index (χ0v) is 20.1. The highest BCUT2D eigenvalue weighted by atomic mass is 16.5. The van der Waals surface area contributed by atoms with E-state index in [-0.39, 0.29) is 22.4 Å². The molecule has 0 atom stereocenters. The maximum Gasteiger partial charge on any atom is 0.282 e. The highest BCUT2D eigenvalue weighted by molar-refractivity contribution is 6.45. The van der Waals surface area contributed by atoms with Gasteiger partial charge in [0.25, 0.3) is 17.4 Å². The van der Waals surface area contributed by atoms with Crippen LogP contribution in [-0.2, 0) is 9.59 Å². The van der Waals surface area contributed by atoms with Crippen LogP contribution in [0.5, 0.6) is 5.75 Å². The van der Waals surface area contributed by atoms with E-state index < -0.39 is 11.8 Å². The molecule has 0 bridgehead atoms. The molecule has 0 unspecified atom stereocenters. The van der Waals surface area contributed by atoms with E-state index in [0.717, 1.165) is 29.7 Å². The van der Waals surface area contributed by atoms with Gasteiger partial charge in [-0.05, 0) is 62.9 Å². The molecule has 0 radical (unpaired) electrons. The van der Waals surface area contributed by atoms with Gasteiger partial charge in [-0.1, -0.05) is 24.3 Å². The SMILES string of the molecule is COc1ccc(C)cc1N1C(=O)C(c2c(C)[nH]n(-c3ccccc3)c2=O)=C(N2CCCCC2)C1=O. The van der Waals surface area contributed by atoms with Crippen LogP contribution < -0.4 is 15.2 Å².